The molecule has 0 bridgehead atoms. The molecule has 2 saturated heterocycles. The van der Waals surface area contributed by atoms with E-state index in [-0.39, 0.29) is 23.2 Å². The molecule has 0 aromatic heterocycles. The van der Waals surface area contributed by atoms with Crippen LogP contribution < -0.4 is 4.74 Å². The average molecular weight is 363 g/mol. The van der Waals surface area contributed by atoms with Crippen molar-refractivity contribution in [2.45, 2.75) is 44.2 Å². The van der Waals surface area contributed by atoms with Crippen LogP contribution in [-0.4, -0.2) is 46.3 Å². The molecule has 0 spiro atoms. The highest BCUT2D eigenvalue weighted by Gasteiger charge is 2.53. The van der Waals surface area contributed by atoms with Crippen molar-refractivity contribution in [1.29, 1.82) is 0 Å². The zero-order chi connectivity index (χ0) is 18.2. The minimum Gasteiger partial charge on any atom is -0.496 e. The molecule has 0 unspecified atom stereocenters. The van der Waals surface area contributed by atoms with Crippen LogP contribution in [0.15, 0.2) is 18.2 Å². The molecule has 6 nitrogen and oxygen atoms in total. The van der Waals surface area contributed by atoms with Crippen LogP contribution in [0.3, 0.4) is 0 Å². The van der Waals surface area contributed by atoms with Crippen molar-refractivity contribution in [3.05, 3.63) is 29.3 Å². The Morgan fingerprint density at radius 2 is 2.16 bits per heavy atom. The lowest BCUT2D eigenvalue weighted by Crippen LogP contribution is -2.46. The van der Waals surface area contributed by atoms with Gasteiger partial charge in [-0.3, -0.25) is 9.59 Å². The van der Waals surface area contributed by atoms with E-state index < -0.39 is 12.0 Å². The lowest BCUT2D eigenvalue weighted by molar-refractivity contribution is -0.154. The van der Waals surface area contributed by atoms with Crippen LogP contribution in [0.4, 0.5) is 0 Å². The molecule has 0 saturated carbocycles. The minimum atomic E-state index is -0.549. The van der Waals surface area contributed by atoms with Gasteiger partial charge in [-0.2, -0.15) is 0 Å². The average Bonchev–Trinajstić information content (AvgIpc) is 3.08. The molecule has 1 aromatic carbocycles. The molecule has 2 fully saturated rings. The van der Waals surface area contributed by atoms with Gasteiger partial charge in [0.15, 0.2) is 5.78 Å². The van der Waals surface area contributed by atoms with Gasteiger partial charge in [-0.05, 0) is 38.5 Å². The number of hydrogen-bond acceptors (Lipinski definition) is 6. The highest BCUT2D eigenvalue weighted by atomic mass is 32.2. The number of Topliss-reactive ketones (excluding diaryl/α,β-unsaturated/α-hetero) is 1. The topological polar surface area (TPSA) is 72.9 Å². The van der Waals surface area contributed by atoms with Crippen molar-refractivity contribution in [3.63, 3.8) is 0 Å². The van der Waals surface area contributed by atoms with Gasteiger partial charge >= 0.3 is 5.97 Å². The zero-order valence-electron chi connectivity index (χ0n) is 14.5. The predicted molar refractivity (Wildman–Crippen MR) is 93.5 cm³/mol. The highest BCUT2D eigenvalue weighted by Crippen LogP contribution is 2.47. The van der Waals surface area contributed by atoms with E-state index in [4.69, 9.17) is 9.47 Å². The molecule has 3 rings (SSSR count). The monoisotopic (exact) mass is 363 g/mol. The number of carbonyl (C=O) groups excluding carboxylic acids is 3. The first kappa shape index (κ1) is 17.8. The maximum Gasteiger partial charge on any atom is 0.330 e. The molecule has 0 N–H and O–H groups in total. The molecule has 0 radical (unpaired) electrons. The van der Waals surface area contributed by atoms with E-state index in [2.05, 4.69) is 0 Å². The molecule has 7 heteroatoms. The van der Waals surface area contributed by atoms with Crippen molar-refractivity contribution in [3.8, 4) is 5.75 Å². The molecule has 2 aliphatic rings. The Balaban J connectivity index is 1.72. The number of esters is 1. The Labute approximate surface area is 150 Å². The maximum atomic E-state index is 12.5. The van der Waals surface area contributed by atoms with Crippen LogP contribution in [0.5, 0.6) is 5.75 Å². The SMILES string of the molecule is COc1ccc(C(C)=O)cc1COC(=O)[C@@H]1CS[C@@]2(C)CCC(=O)N12. The van der Waals surface area contributed by atoms with Crippen LogP contribution in [-0.2, 0) is 20.9 Å². The fourth-order valence-corrected chi connectivity index (χ4v) is 4.77. The molecule has 0 aliphatic carbocycles. The second-order valence-corrected chi connectivity index (χ2v) is 7.96. The summed E-state index contributed by atoms with van der Waals surface area (Å²) < 4.78 is 10.7. The molecule has 2 atom stereocenters. The largest absolute Gasteiger partial charge is 0.496 e. The number of nitrogens with zero attached hydrogens (tertiary/aromatic N) is 1. The van der Waals surface area contributed by atoms with Crippen LogP contribution in [0.25, 0.3) is 0 Å². The van der Waals surface area contributed by atoms with Crippen molar-refractivity contribution < 1.29 is 23.9 Å². The number of ketones is 1. The number of methoxy groups -OCH3 is 1. The van der Waals surface area contributed by atoms with Crippen LogP contribution in [0.1, 0.15) is 42.6 Å². The second-order valence-electron chi connectivity index (χ2n) is 6.46. The molecule has 134 valence electrons. The van der Waals surface area contributed by atoms with Gasteiger partial charge in [-0.15, -0.1) is 11.8 Å². The Morgan fingerprint density at radius 1 is 1.40 bits per heavy atom. The first-order valence-corrected chi connectivity index (χ1v) is 9.15. The second kappa shape index (κ2) is 6.71. The third-order valence-electron chi connectivity index (χ3n) is 4.77. The summed E-state index contributed by atoms with van der Waals surface area (Å²) in [5.41, 5.74) is 1.16. The Kier molecular flexibility index (Phi) is 4.77. The molecular weight excluding hydrogens is 342 g/mol. The van der Waals surface area contributed by atoms with Gasteiger partial charge in [-0.25, -0.2) is 4.79 Å². The summed E-state index contributed by atoms with van der Waals surface area (Å²) in [6.07, 6.45) is 1.23. The number of thioether (sulfide) groups is 1. The molecule has 2 heterocycles. The molecule has 2 aliphatic heterocycles. The number of ether oxygens (including phenoxy) is 2. The first-order valence-electron chi connectivity index (χ1n) is 8.16. The third kappa shape index (κ3) is 3.25. The van der Waals surface area contributed by atoms with Gasteiger partial charge in [0, 0.05) is 23.3 Å². The third-order valence-corrected chi connectivity index (χ3v) is 6.28. The van der Waals surface area contributed by atoms with Gasteiger partial charge in [0.2, 0.25) is 5.91 Å². The summed E-state index contributed by atoms with van der Waals surface area (Å²) in [6, 6.07) is 4.48. The van der Waals surface area contributed by atoms with E-state index in [0.717, 1.165) is 6.42 Å². The number of fused-ring (bicyclic) bond motifs is 1. The molecule has 1 amide bonds. The Bertz CT molecular complexity index is 734. The van der Waals surface area contributed by atoms with Crippen LogP contribution in [0.2, 0.25) is 0 Å². The van der Waals surface area contributed by atoms with Crippen molar-refractivity contribution >= 4 is 29.4 Å². The fourth-order valence-electron chi connectivity index (χ4n) is 3.35. The smallest absolute Gasteiger partial charge is 0.330 e. The van der Waals surface area contributed by atoms with Gasteiger partial charge in [0.25, 0.3) is 0 Å². The fraction of sp³-hybridized carbons (Fsp3) is 0.500. The maximum absolute atomic E-state index is 12.5. The molecular formula is C18H21NO5S. The van der Waals surface area contributed by atoms with Crippen molar-refractivity contribution in [2.75, 3.05) is 12.9 Å². The van der Waals surface area contributed by atoms with E-state index in [0.29, 0.717) is 29.1 Å². The van der Waals surface area contributed by atoms with Gasteiger partial charge < -0.3 is 14.4 Å². The number of carbonyl (C=O) groups is 3. The number of benzene rings is 1. The number of hydrogen-bond donors (Lipinski definition) is 0. The summed E-state index contributed by atoms with van der Waals surface area (Å²) in [4.78, 5) is 37.6. The summed E-state index contributed by atoms with van der Waals surface area (Å²) in [6.45, 7) is 3.48. The summed E-state index contributed by atoms with van der Waals surface area (Å²) in [5.74, 6) is 0.625. The Morgan fingerprint density at radius 3 is 2.84 bits per heavy atom. The van der Waals surface area contributed by atoms with Crippen LogP contribution in [0, 0.1) is 0 Å². The summed E-state index contributed by atoms with van der Waals surface area (Å²) in [7, 11) is 1.52. The van der Waals surface area contributed by atoms with E-state index in [9.17, 15) is 14.4 Å². The van der Waals surface area contributed by atoms with Gasteiger partial charge in [-0.1, -0.05) is 0 Å². The molecule has 1 aromatic rings. The predicted octanol–water partition coefficient (Wildman–Crippen LogP) is 2.40. The van der Waals surface area contributed by atoms with E-state index in [1.165, 1.54) is 14.0 Å². The standard InChI is InChI=1S/C18H21NO5S/c1-11(20)12-4-5-15(23-3)13(8-12)9-24-17(22)14-10-25-18(2)7-6-16(21)19(14)18/h4-5,8,14H,6-7,9-10H2,1-3H3/t14-,18-/m0/s1. The normalized spacial score (nSPS) is 25.0. The quantitative estimate of drug-likeness (QED) is 0.591. The first-order chi connectivity index (χ1) is 11.9. The highest BCUT2D eigenvalue weighted by molar-refractivity contribution is 8.01. The zero-order valence-corrected chi connectivity index (χ0v) is 15.4. The van der Waals surface area contributed by atoms with E-state index in [1.807, 2.05) is 6.92 Å². The number of rotatable bonds is 5. The summed E-state index contributed by atoms with van der Waals surface area (Å²) >= 11 is 1.63. The van der Waals surface area contributed by atoms with Gasteiger partial charge in [0.05, 0.1) is 12.0 Å². The Hall–Kier alpha value is -2.02. The van der Waals surface area contributed by atoms with Crippen molar-refractivity contribution in [2.24, 2.45) is 0 Å². The van der Waals surface area contributed by atoms with E-state index >= 15 is 0 Å². The lowest BCUT2D eigenvalue weighted by atomic mass is 10.1. The van der Waals surface area contributed by atoms with E-state index in [1.54, 1.807) is 34.9 Å². The lowest BCUT2D eigenvalue weighted by Gasteiger charge is -2.29. The summed E-state index contributed by atoms with van der Waals surface area (Å²) in [5, 5.41) is 0. The van der Waals surface area contributed by atoms with Crippen LogP contribution >= 0.6 is 11.8 Å². The van der Waals surface area contributed by atoms with Crippen molar-refractivity contribution in [1.82, 2.24) is 4.90 Å². The van der Waals surface area contributed by atoms with Gasteiger partial charge in [0.1, 0.15) is 18.4 Å². The molecule has 25 heavy (non-hydrogen) atoms. The number of amides is 1. The minimum absolute atomic E-state index is 0.00301.